The van der Waals surface area contributed by atoms with E-state index in [-0.39, 0.29) is 5.54 Å². The van der Waals surface area contributed by atoms with Crippen molar-refractivity contribution in [2.24, 2.45) is 5.92 Å². The number of nitriles is 2. The maximum atomic E-state index is 9.36. The first-order valence-electron chi connectivity index (χ1n) is 7.03. The van der Waals surface area contributed by atoms with Crippen LogP contribution in [0.4, 0.5) is 0 Å². The highest BCUT2D eigenvalue weighted by Gasteiger charge is 2.42. The molecule has 0 radical (unpaired) electrons. The molecule has 1 aromatic carbocycles. The average molecular weight is 270 g/mol. The van der Waals surface area contributed by atoms with Crippen LogP contribution in [0.1, 0.15) is 31.9 Å². The Morgan fingerprint density at radius 3 is 1.79 bits per heavy atom. The molecule has 19 heavy (non-hydrogen) atoms. The van der Waals surface area contributed by atoms with Crippen LogP contribution in [0.3, 0.4) is 0 Å². The van der Waals surface area contributed by atoms with Crippen molar-refractivity contribution in [3.05, 3.63) is 35.9 Å². The molecule has 0 fully saturated rings. The molecule has 1 atom stereocenters. The minimum Gasteiger partial charge on any atom is -0.197 e. The van der Waals surface area contributed by atoms with Gasteiger partial charge in [-0.25, -0.2) is 0 Å². The lowest BCUT2D eigenvalue weighted by Gasteiger charge is -2.38. The Kier molecular flexibility index (Phi) is 5.80. The van der Waals surface area contributed by atoms with Gasteiger partial charge >= 0.3 is 0 Å². The Hall–Kier alpha value is -1.58. The summed E-state index contributed by atoms with van der Waals surface area (Å²) in [6, 6.07) is 18.0. The van der Waals surface area contributed by atoms with E-state index in [4.69, 9.17) is 0 Å². The van der Waals surface area contributed by atoms with E-state index in [1.165, 1.54) is 5.56 Å². The molecular formula is C16H22N2Si. The van der Waals surface area contributed by atoms with Crippen molar-refractivity contribution in [2.75, 3.05) is 0 Å². The van der Waals surface area contributed by atoms with Crippen LogP contribution in [0, 0.1) is 28.6 Å². The monoisotopic (exact) mass is 270 g/mol. The predicted molar refractivity (Wildman–Crippen MR) is 81.1 cm³/mol. The number of hydrogen-bond acceptors (Lipinski definition) is 2. The quantitative estimate of drug-likeness (QED) is 0.715. The summed E-state index contributed by atoms with van der Waals surface area (Å²) in [6.45, 7) is 6.67. The summed E-state index contributed by atoms with van der Waals surface area (Å²) < 4.78 is 0. The van der Waals surface area contributed by atoms with E-state index in [0.717, 1.165) is 18.1 Å². The Morgan fingerprint density at radius 1 is 0.947 bits per heavy atom. The third-order valence-electron chi connectivity index (χ3n) is 4.54. The fourth-order valence-electron chi connectivity index (χ4n) is 3.15. The van der Waals surface area contributed by atoms with Crippen LogP contribution in [0.5, 0.6) is 0 Å². The number of benzene rings is 1. The van der Waals surface area contributed by atoms with Crippen LogP contribution in [-0.2, 0) is 0 Å². The molecule has 1 unspecified atom stereocenters. The molecule has 2 nitrogen and oxygen atoms in total. The van der Waals surface area contributed by atoms with Gasteiger partial charge in [0.05, 0.1) is 20.2 Å². The molecule has 100 valence electrons. The van der Waals surface area contributed by atoms with E-state index in [0.29, 0.717) is 0 Å². The van der Waals surface area contributed by atoms with E-state index in [1.807, 2.05) is 18.2 Å². The first-order chi connectivity index (χ1) is 9.18. The second-order valence-corrected chi connectivity index (χ2v) is 10.5. The molecule has 0 aliphatic carbocycles. The van der Waals surface area contributed by atoms with Crippen LogP contribution in [-0.4, -0.2) is 8.07 Å². The Morgan fingerprint density at radius 2 is 1.42 bits per heavy atom. The highest BCUT2D eigenvalue weighted by Crippen LogP contribution is 2.40. The minimum absolute atomic E-state index is 0.128. The van der Waals surface area contributed by atoms with Crippen LogP contribution in [0.2, 0.25) is 18.1 Å². The van der Waals surface area contributed by atoms with Crippen LogP contribution in [0.15, 0.2) is 30.3 Å². The summed E-state index contributed by atoms with van der Waals surface area (Å²) in [5.41, 5.74) is 1.30. The molecular weight excluding hydrogens is 248 g/mol. The van der Waals surface area contributed by atoms with Crippen molar-refractivity contribution in [3.63, 3.8) is 0 Å². The van der Waals surface area contributed by atoms with Crippen molar-refractivity contribution in [1.82, 2.24) is 0 Å². The smallest absolute Gasteiger partial charge is 0.137 e. The molecule has 0 aliphatic rings. The summed E-state index contributed by atoms with van der Waals surface area (Å²) >= 11 is 0. The van der Waals surface area contributed by atoms with Gasteiger partial charge in [-0.15, -0.1) is 0 Å². The summed E-state index contributed by atoms with van der Waals surface area (Å²) in [7, 11) is -1.64. The first kappa shape index (κ1) is 15.5. The maximum absolute atomic E-state index is 9.36. The van der Waals surface area contributed by atoms with Gasteiger partial charge in [0.2, 0.25) is 0 Å². The lowest BCUT2D eigenvalue weighted by Crippen LogP contribution is -2.43. The third kappa shape index (κ3) is 3.06. The second-order valence-electron chi connectivity index (χ2n) is 5.05. The van der Waals surface area contributed by atoms with Gasteiger partial charge in [-0.3, -0.25) is 0 Å². The largest absolute Gasteiger partial charge is 0.197 e. The van der Waals surface area contributed by atoms with Crippen LogP contribution in [0.25, 0.3) is 0 Å². The van der Waals surface area contributed by atoms with Gasteiger partial charge in [-0.05, 0) is 5.56 Å². The van der Waals surface area contributed by atoms with E-state index >= 15 is 0 Å². The van der Waals surface area contributed by atoms with E-state index < -0.39 is 14.0 Å². The fourth-order valence-corrected chi connectivity index (χ4v) is 7.72. The molecule has 0 N–H and O–H groups in total. The van der Waals surface area contributed by atoms with E-state index in [2.05, 4.69) is 45.0 Å². The zero-order valence-corrected chi connectivity index (χ0v) is 13.1. The van der Waals surface area contributed by atoms with Gasteiger partial charge in [0, 0.05) is 5.54 Å². The van der Waals surface area contributed by atoms with Gasteiger partial charge in [0.1, 0.15) is 5.92 Å². The lowest BCUT2D eigenvalue weighted by molar-refractivity contribution is 0.746. The molecule has 1 rings (SSSR count). The predicted octanol–water partition coefficient (Wildman–Crippen LogP) is 4.48. The first-order valence-corrected chi connectivity index (χ1v) is 9.73. The zero-order valence-electron chi connectivity index (χ0n) is 12.1. The van der Waals surface area contributed by atoms with Crippen molar-refractivity contribution in [1.29, 1.82) is 10.5 Å². The van der Waals surface area contributed by atoms with Gasteiger partial charge in [-0.1, -0.05) is 69.2 Å². The summed E-state index contributed by atoms with van der Waals surface area (Å²) in [5.74, 6) is -0.520. The minimum atomic E-state index is -1.64. The third-order valence-corrected chi connectivity index (χ3v) is 10.8. The number of rotatable bonds is 6. The normalized spacial score (nSPS) is 12.7. The summed E-state index contributed by atoms with van der Waals surface area (Å²) in [4.78, 5) is 0. The van der Waals surface area contributed by atoms with Crippen molar-refractivity contribution >= 4 is 8.07 Å². The number of hydrogen-bond donors (Lipinski definition) is 0. The molecule has 0 aromatic heterocycles. The Balaban J connectivity index is 3.36. The van der Waals surface area contributed by atoms with Crippen molar-refractivity contribution in [3.8, 4) is 12.1 Å². The van der Waals surface area contributed by atoms with Gasteiger partial charge in [0.25, 0.3) is 0 Å². The second kappa shape index (κ2) is 7.12. The Bertz CT molecular complexity index is 443. The van der Waals surface area contributed by atoms with Crippen LogP contribution < -0.4 is 0 Å². The topological polar surface area (TPSA) is 47.6 Å². The molecule has 0 bridgehead atoms. The van der Waals surface area contributed by atoms with Crippen molar-refractivity contribution in [2.45, 2.75) is 44.4 Å². The maximum Gasteiger partial charge on any atom is 0.137 e. The molecule has 3 heteroatoms. The zero-order chi connectivity index (χ0) is 14.3. The molecule has 0 amide bonds. The Labute approximate surface area is 117 Å². The lowest BCUT2D eigenvalue weighted by atomic mass is 10.0. The summed E-state index contributed by atoms with van der Waals surface area (Å²) in [5, 5.41) is 18.7. The summed E-state index contributed by atoms with van der Waals surface area (Å²) in [6.07, 6.45) is 0. The highest BCUT2D eigenvalue weighted by atomic mass is 28.3. The standard InChI is InChI=1S/C16H22N2Si/c1-4-19(5-2,6-3)16(15(12-17)13-18)14-10-8-7-9-11-14/h7-11,15-16H,4-6H2,1-3H3. The van der Waals surface area contributed by atoms with E-state index in [9.17, 15) is 10.5 Å². The SMILES string of the molecule is CC[Si](CC)(CC)C(c1ccccc1)C(C#N)C#N. The van der Waals surface area contributed by atoms with E-state index in [1.54, 1.807) is 0 Å². The average Bonchev–Trinajstić information content (AvgIpc) is 2.49. The number of nitrogens with zero attached hydrogens (tertiary/aromatic N) is 2. The molecule has 0 spiro atoms. The molecule has 0 aliphatic heterocycles. The van der Waals surface area contributed by atoms with Crippen LogP contribution >= 0.6 is 0 Å². The van der Waals surface area contributed by atoms with Gasteiger partial charge in [-0.2, -0.15) is 10.5 Å². The highest BCUT2D eigenvalue weighted by molar-refractivity contribution is 6.81. The molecule has 1 aromatic rings. The fraction of sp³-hybridized carbons (Fsp3) is 0.500. The van der Waals surface area contributed by atoms with Gasteiger partial charge in [0.15, 0.2) is 0 Å². The molecule has 0 heterocycles. The molecule has 0 saturated carbocycles. The molecule has 0 saturated heterocycles. The van der Waals surface area contributed by atoms with Crippen molar-refractivity contribution < 1.29 is 0 Å². The van der Waals surface area contributed by atoms with Gasteiger partial charge < -0.3 is 0 Å².